The lowest BCUT2D eigenvalue weighted by Crippen LogP contribution is -2.33. The molecule has 4 rings (SSSR count). The maximum absolute atomic E-state index is 13.2. The quantitative estimate of drug-likeness (QED) is 0.248. The van der Waals surface area contributed by atoms with E-state index in [4.69, 9.17) is 0 Å². The average Bonchev–Trinajstić information content (AvgIpc) is 2.86. The van der Waals surface area contributed by atoms with Gasteiger partial charge in [0.25, 0.3) is 0 Å². The summed E-state index contributed by atoms with van der Waals surface area (Å²) in [6, 6.07) is 9.02. The summed E-state index contributed by atoms with van der Waals surface area (Å²) in [5.74, 6) is 1.01. The molecule has 0 aliphatic carbocycles. The van der Waals surface area contributed by atoms with Gasteiger partial charge in [-0.2, -0.15) is 13.2 Å². The van der Waals surface area contributed by atoms with E-state index in [0.717, 1.165) is 23.4 Å². The van der Waals surface area contributed by atoms with Crippen LogP contribution >= 0.6 is 22.6 Å². The van der Waals surface area contributed by atoms with Crippen molar-refractivity contribution in [2.45, 2.75) is 42.8 Å². The minimum Gasteiger partial charge on any atom is -0.352 e. The molecule has 1 unspecified atom stereocenters. The molecule has 0 bridgehead atoms. The molecular weight excluding hydrogens is 532 g/mol. The maximum atomic E-state index is 13.2. The Bertz CT molecular complexity index is 1250. The third-order valence-electron chi connectivity index (χ3n) is 5.88. The third-order valence-corrected chi connectivity index (χ3v) is 6.78. The summed E-state index contributed by atoms with van der Waals surface area (Å²) < 4.78 is 38.8. The number of carbonyl (C=O) groups excluding carboxylic acids is 1. The van der Waals surface area contributed by atoms with Crippen LogP contribution in [0.4, 0.5) is 24.7 Å². The zero-order valence-corrected chi connectivity index (χ0v) is 20.4. The van der Waals surface area contributed by atoms with Gasteiger partial charge < -0.3 is 10.2 Å². The molecule has 2 heterocycles. The van der Waals surface area contributed by atoms with Crippen molar-refractivity contribution < 1.29 is 18.0 Å². The number of fused-ring (bicyclic) bond motifs is 2. The largest absolute Gasteiger partial charge is 0.416 e. The van der Waals surface area contributed by atoms with Crippen molar-refractivity contribution in [2.75, 3.05) is 17.3 Å². The summed E-state index contributed by atoms with van der Waals surface area (Å²) in [6.07, 6.45) is -4.43. The molecule has 0 saturated carbocycles. The number of anilines is 2. The molecule has 1 aromatic heterocycles. The van der Waals surface area contributed by atoms with Crippen LogP contribution < -0.4 is 10.2 Å². The average molecular weight is 554 g/mol. The Morgan fingerprint density at radius 2 is 1.75 bits per heavy atom. The standard InChI is InChI=1S/C23H22F3IN4O/c1-12-28-17-11-16-18(31(5)20(32)21(16,2)3)10-15(17)19(29-12)30-22(4,27)13-7-6-8-14(9-13)23(24,25)26/h6-11H,1-5H3,(H,28,29,30). The van der Waals surface area contributed by atoms with E-state index < -0.39 is 20.7 Å². The van der Waals surface area contributed by atoms with Crippen LogP contribution in [0.3, 0.4) is 0 Å². The number of benzene rings is 2. The molecule has 32 heavy (non-hydrogen) atoms. The van der Waals surface area contributed by atoms with Crippen molar-refractivity contribution in [3.63, 3.8) is 0 Å². The van der Waals surface area contributed by atoms with E-state index in [0.29, 0.717) is 28.1 Å². The van der Waals surface area contributed by atoms with Gasteiger partial charge in [0, 0.05) is 18.1 Å². The Hall–Kier alpha value is -2.43. The minimum absolute atomic E-state index is 0.00954. The molecule has 1 aliphatic rings. The predicted octanol–water partition coefficient (Wildman–Crippen LogP) is 5.93. The van der Waals surface area contributed by atoms with Gasteiger partial charge in [-0.05, 0) is 85.7 Å². The monoisotopic (exact) mass is 554 g/mol. The lowest BCUT2D eigenvalue weighted by molar-refractivity contribution is -0.137. The SMILES string of the molecule is Cc1nc(NC(C)(I)c2cccc(C(F)(F)F)c2)c2cc3c(cc2n1)C(C)(C)C(=O)N3C. The Morgan fingerprint density at radius 3 is 2.41 bits per heavy atom. The van der Waals surface area contributed by atoms with Crippen LogP contribution in [0.5, 0.6) is 0 Å². The first-order valence-corrected chi connectivity index (χ1v) is 11.1. The molecule has 1 amide bonds. The number of aryl methyl sites for hydroxylation is 1. The van der Waals surface area contributed by atoms with Crippen molar-refractivity contribution >= 4 is 50.9 Å². The molecule has 1 aliphatic heterocycles. The molecule has 168 valence electrons. The van der Waals surface area contributed by atoms with Crippen LogP contribution in [0.15, 0.2) is 36.4 Å². The smallest absolute Gasteiger partial charge is 0.352 e. The minimum atomic E-state index is -4.43. The van der Waals surface area contributed by atoms with Gasteiger partial charge in [0.05, 0.1) is 16.5 Å². The van der Waals surface area contributed by atoms with Gasteiger partial charge in [-0.1, -0.05) is 12.1 Å². The summed E-state index contributed by atoms with van der Waals surface area (Å²) in [7, 11) is 1.73. The molecule has 3 aromatic rings. The lowest BCUT2D eigenvalue weighted by atomic mass is 9.85. The summed E-state index contributed by atoms with van der Waals surface area (Å²) in [5, 5.41) is 4.00. The zero-order valence-electron chi connectivity index (χ0n) is 18.2. The van der Waals surface area contributed by atoms with Gasteiger partial charge in [-0.25, -0.2) is 9.97 Å². The molecule has 0 radical (unpaired) electrons. The molecule has 1 N–H and O–H groups in total. The number of amides is 1. The fourth-order valence-corrected chi connectivity index (χ4v) is 4.67. The number of carbonyl (C=O) groups is 1. The van der Waals surface area contributed by atoms with Crippen molar-refractivity contribution in [2.24, 2.45) is 0 Å². The Labute approximate surface area is 197 Å². The number of likely N-dealkylation sites (N-methyl/N-ethyl adjacent to an activating group) is 1. The highest BCUT2D eigenvalue weighted by Gasteiger charge is 2.42. The molecular formula is C23H22F3IN4O. The molecule has 2 aromatic carbocycles. The lowest BCUT2D eigenvalue weighted by Gasteiger charge is -2.27. The second-order valence-corrected chi connectivity index (χ2v) is 10.9. The van der Waals surface area contributed by atoms with Gasteiger partial charge in [-0.3, -0.25) is 4.79 Å². The molecule has 1 atom stereocenters. The zero-order chi connectivity index (χ0) is 23.6. The van der Waals surface area contributed by atoms with Crippen LogP contribution in [-0.4, -0.2) is 22.9 Å². The summed E-state index contributed by atoms with van der Waals surface area (Å²) in [5.41, 5.74) is 1.43. The van der Waals surface area contributed by atoms with Gasteiger partial charge in [0.2, 0.25) is 5.91 Å². The number of nitrogens with one attached hydrogen (secondary N) is 1. The van der Waals surface area contributed by atoms with Crippen molar-refractivity contribution in [1.29, 1.82) is 0 Å². The number of rotatable bonds is 3. The topological polar surface area (TPSA) is 58.1 Å². The summed E-state index contributed by atoms with van der Waals surface area (Å²) in [4.78, 5) is 23.4. The predicted molar refractivity (Wildman–Crippen MR) is 127 cm³/mol. The Balaban J connectivity index is 1.83. The highest BCUT2D eigenvalue weighted by atomic mass is 127. The fraction of sp³-hybridized carbons (Fsp3) is 0.348. The number of hydrogen-bond donors (Lipinski definition) is 1. The number of hydrogen-bond acceptors (Lipinski definition) is 4. The van der Waals surface area contributed by atoms with E-state index in [1.807, 2.05) is 26.0 Å². The van der Waals surface area contributed by atoms with E-state index in [2.05, 4.69) is 37.9 Å². The number of nitrogens with zero attached hydrogens (tertiary/aromatic N) is 3. The van der Waals surface area contributed by atoms with Crippen molar-refractivity contribution in [3.05, 3.63) is 58.9 Å². The van der Waals surface area contributed by atoms with Gasteiger partial charge in [0.1, 0.15) is 15.2 Å². The first-order chi connectivity index (χ1) is 14.7. The maximum Gasteiger partial charge on any atom is 0.416 e. The van der Waals surface area contributed by atoms with E-state index in [1.165, 1.54) is 6.07 Å². The van der Waals surface area contributed by atoms with Crippen molar-refractivity contribution in [1.82, 2.24) is 9.97 Å². The molecule has 0 saturated heterocycles. The van der Waals surface area contributed by atoms with E-state index in [9.17, 15) is 18.0 Å². The van der Waals surface area contributed by atoms with Crippen LogP contribution in [0.1, 0.15) is 43.3 Å². The molecule has 9 heteroatoms. The van der Waals surface area contributed by atoms with Crippen molar-refractivity contribution in [3.8, 4) is 0 Å². The van der Waals surface area contributed by atoms with Crippen LogP contribution in [0, 0.1) is 6.92 Å². The summed E-state index contributed by atoms with van der Waals surface area (Å²) >= 11 is 2.08. The molecule has 0 fully saturated rings. The Kier molecular flexibility index (Phi) is 5.19. The van der Waals surface area contributed by atoms with Crippen LogP contribution in [0.2, 0.25) is 0 Å². The molecule has 0 spiro atoms. The second-order valence-electron chi connectivity index (χ2n) is 8.70. The normalized spacial score (nSPS) is 17.4. The van der Waals surface area contributed by atoms with Crippen LogP contribution in [0.25, 0.3) is 10.9 Å². The number of aromatic nitrogens is 2. The van der Waals surface area contributed by atoms with Gasteiger partial charge >= 0.3 is 6.18 Å². The van der Waals surface area contributed by atoms with Crippen LogP contribution in [-0.2, 0) is 19.9 Å². The number of alkyl halides is 4. The Morgan fingerprint density at radius 1 is 1.09 bits per heavy atom. The third kappa shape index (κ3) is 3.70. The highest BCUT2D eigenvalue weighted by molar-refractivity contribution is 14.1. The number of halogens is 4. The van der Waals surface area contributed by atoms with Gasteiger partial charge in [0.15, 0.2) is 0 Å². The first-order valence-electron chi connectivity index (χ1n) is 9.97. The highest BCUT2D eigenvalue weighted by Crippen LogP contribution is 2.44. The fourth-order valence-electron chi connectivity index (χ4n) is 4.08. The summed E-state index contributed by atoms with van der Waals surface area (Å²) in [6.45, 7) is 7.31. The van der Waals surface area contributed by atoms with E-state index in [1.54, 1.807) is 31.9 Å². The van der Waals surface area contributed by atoms with E-state index in [-0.39, 0.29) is 5.91 Å². The first kappa shape index (κ1) is 22.8. The van der Waals surface area contributed by atoms with Gasteiger partial charge in [-0.15, -0.1) is 0 Å². The van der Waals surface area contributed by atoms with E-state index >= 15 is 0 Å². The molecule has 5 nitrogen and oxygen atoms in total. The second kappa shape index (κ2) is 7.29.